The number of Topliss-reactive ketones (excluding diaryl/α,β-unsaturated/α-hetero) is 1. The molecule has 0 bridgehead atoms. The van der Waals surface area contributed by atoms with Crippen molar-refractivity contribution in [1.82, 2.24) is 0 Å². The van der Waals surface area contributed by atoms with E-state index < -0.39 is 23.5 Å². The highest BCUT2D eigenvalue weighted by molar-refractivity contribution is 6.52. The zero-order chi connectivity index (χ0) is 26.7. The Hall–Kier alpha value is -3.68. The van der Waals surface area contributed by atoms with Gasteiger partial charge in [0.15, 0.2) is 0 Å². The van der Waals surface area contributed by atoms with Crippen LogP contribution in [0.1, 0.15) is 31.0 Å². The molecule has 3 aromatic rings. The number of amides is 1. The second-order valence-corrected chi connectivity index (χ2v) is 8.91. The van der Waals surface area contributed by atoms with E-state index in [0.717, 1.165) is 0 Å². The predicted molar refractivity (Wildman–Crippen MR) is 143 cm³/mol. The lowest BCUT2D eigenvalue weighted by Gasteiger charge is -2.26. The fourth-order valence-electron chi connectivity index (χ4n) is 4.31. The third kappa shape index (κ3) is 5.10. The molecule has 1 unspecified atom stereocenters. The summed E-state index contributed by atoms with van der Waals surface area (Å²) in [6.07, 6.45) is 0. The lowest BCUT2D eigenvalue weighted by atomic mass is 9.94. The molecule has 0 radical (unpaired) electrons. The smallest absolute Gasteiger partial charge is 0.300 e. The van der Waals surface area contributed by atoms with Gasteiger partial charge in [-0.05, 0) is 55.8 Å². The van der Waals surface area contributed by atoms with Crippen molar-refractivity contribution in [3.63, 3.8) is 0 Å². The summed E-state index contributed by atoms with van der Waals surface area (Å²) in [5.74, 6) is -0.835. The number of methoxy groups -OCH3 is 1. The molecule has 1 N–H and O–H groups in total. The number of ether oxygens (including phenoxy) is 3. The van der Waals surface area contributed by atoms with E-state index in [-0.39, 0.29) is 26.9 Å². The standard InChI is InChI=1S/C28H25Cl2NO6/c1-4-36-19-11-9-16(10-12-19)24-23(25(32)21-13-17(29)14-22(30)27(21)35-3)26(33)28(34)31(24)18-7-6-8-20(15-18)37-5-2/h6-15,24,32H,4-5H2,1-3H3/b25-23+. The fourth-order valence-corrected chi connectivity index (χ4v) is 4.88. The lowest BCUT2D eigenvalue weighted by Crippen LogP contribution is -2.29. The fraction of sp³-hybridized carbons (Fsp3) is 0.214. The first-order valence-electron chi connectivity index (χ1n) is 11.6. The van der Waals surface area contributed by atoms with Crippen LogP contribution >= 0.6 is 23.2 Å². The highest BCUT2D eigenvalue weighted by Gasteiger charge is 2.47. The molecule has 9 heteroatoms. The molecule has 1 amide bonds. The van der Waals surface area contributed by atoms with E-state index in [9.17, 15) is 14.7 Å². The van der Waals surface area contributed by atoms with Crippen LogP contribution in [0.2, 0.25) is 10.0 Å². The van der Waals surface area contributed by atoms with Crippen molar-refractivity contribution < 1.29 is 28.9 Å². The molecule has 0 spiro atoms. The van der Waals surface area contributed by atoms with Crippen LogP contribution in [0.3, 0.4) is 0 Å². The van der Waals surface area contributed by atoms with Crippen LogP contribution in [0.4, 0.5) is 5.69 Å². The van der Waals surface area contributed by atoms with Gasteiger partial charge in [0.2, 0.25) is 0 Å². The number of nitrogens with zero attached hydrogens (tertiary/aromatic N) is 1. The van der Waals surface area contributed by atoms with Crippen molar-refractivity contribution in [2.45, 2.75) is 19.9 Å². The quantitative estimate of drug-likeness (QED) is 0.201. The Balaban J connectivity index is 1.96. The first kappa shape index (κ1) is 26.4. The van der Waals surface area contributed by atoms with E-state index >= 15 is 0 Å². The Morgan fingerprint density at radius 1 is 0.946 bits per heavy atom. The maximum Gasteiger partial charge on any atom is 0.300 e. The van der Waals surface area contributed by atoms with E-state index in [1.807, 2.05) is 13.8 Å². The first-order valence-corrected chi connectivity index (χ1v) is 12.4. The van der Waals surface area contributed by atoms with Crippen LogP contribution in [0.15, 0.2) is 66.2 Å². The number of benzene rings is 3. The largest absolute Gasteiger partial charge is 0.507 e. The number of hydrogen-bond donors (Lipinski definition) is 1. The normalized spacial score (nSPS) is 16.7. The molecule has 1 aliphatic heterocycles. The summed E-state index contributed by atoms with van der Waals surface area (Å²) < 4.78 is 16.5. The summed E-state index contributed by atoms with van der Waals surface area (Å²) in [5, 5.41) is 11.8. The van der Waals surface area contributed by atoms with Crippen molar-refractivity contribution in [3.8, 4) is 17.2 Å². The number of rotatable bonds is 8. The lowest BCUT2D eigenvalue weighted by molar-refractivity contribution is -0.132. The van der Waals surface area contributed by atoms with Gasteiger partial charge in [-0.2, -0.15) is 0 Å². The van der Waals surface area contributed by atoms with E-state index in [1.54, 1.807) is 48.5 Å². The molecule has 1 aliphatic rings. The Bertz CT molecular complexity index is 1370. The second kappa shape index (κ2) is 11.2. The number of hydrogen-bond acceptors (Lipinski definition) is 6. The van der Waals surface area contributed by atoms with Gasteiger partial charge < -0.3 is 19.3 Å². The van der Waals surface area contributed by atoms with E-state index in [2.05, 4.69) is 0 Å². The number of anilines is 1. The third-order valence-corrected chi connectivity index (χ3v) is 6.32. The summed E-state index contributed by atoms with van der Waals surface area (Å²) >= 11 is 12.5. The van der Waals surface area contributed by atoms with Crippen LogP contribution in [0, 0.1) is 0 Å². The van der Waals surface area contributed by atoms with Gasteiger partial charge in [-0.1, -0.05) is 41.4 Å². The van der Waals surface area contributed by atoms with Crippen molar-refractivity contribution >= 4 is 46.3 Å². The Kier molecular flexibility index (Phi) is 7.95. The molecule has 4 rings (SSSR count). The minimum absolute atomic E-state index is 0.0944. The molecule has 1 atom stereocenters. The van der Waals surface area contributed by atoms with Crippen LogP contribution in [-0.4, -0.2) is 37.1 Å². The van der Waals surface area contributed by atoms with Crippen LogP contribution in [-0.2, 0) is 9.59 Å². The zero-order valence-electron chi connectivity index (χ0n) is 20.5. The molecule has 1 fully saturated rings. The number of aliphatic hydroxyl groups is 1. The number of carbonyl (C=O) groups is 2. The van der Waals surface area contributed by atoms with Crippen molar-refractivity contribution in [1.29, 1.82) is 0 Å². The topological polar surface area (TPSA) is 85.3 Å². The minimum atomic E-state index is -0.963. The second-order valence-electron chi connectivity index (χ2n) is 8.07. The molecule has 3 aromatic carbocycles. The Labute approximate surface area is 224 Å². The average Bonchev–Trinajstić information content (AvgIpc) is 3.14. The van der Waals surface area contributed by atoms with Crippen LogP contribution in [0.25, 0.3) is 5.76 Å². The molecule has 0 aliphatic carbocycles. The van der Waals surface area contributed by atoms with Gasteiger partial charge in [-0.25, -0.2) is 0 Å². The number of halogens is 2. The van der Waals surface area contributed by atoms with Gasteiger partial charge in [0.05, 0.1) is 42.5 Å². The molecule has 0 saturated carbocycles. The maximum absolute atomic E-state index is 13.5. The minimum Gasteiger partial charge on any atom is -0.507 e. The maximum atomic E-state index is 13.5. The molecule has 0 aromatic heterocycles. The summed E-state index contributed by atoms with van der Waals surface area (Å²) in [5.41, 5.74) is 0.977. The van der Waals surface area contributed by atoms with Gasteiger partial charge >= 0.3 is 0 Å². The van der Waals surface area contributed by atoms with Crippen molar-refractivity contribution in [2.24, 2.45) is 0 Å². The molecular formula is C28H25Cl2NO6. The number of aliphatic hydroxyl groups excluding tert-OH is 1. The summed E-state index contributed by atoms with van der Waals surface area (Å²) in [7, 11) is 1.38. The first-order chi connectivity index (χ1) is 17.8. The Morgan fingerprint density at radius 2 is 1.62 bits per heavy atom. The van der Waals surface area contributed by atoms with Crippen molar-refractivity contribution in [2.75, 3.05) is 25.2 Å². The molecule has 7 nitrogen and oxygen atoms in total. The van der Waals surface area contributed by atoms with Gasteiger partial charge in [0, 0.05) is 16.8 Å². The van der Waals surface area contributed by atoms with Crippen LogP contribution in [0.5, 0.6) is 17.2 Å². The van der Waals surface area contributed by atoms with E-state index in [4.69, 9.17) is 37.4 Å². The highest BCUT2D eigenvalue weighted by Crippen LogP contribution is 2.45. The molecule has 37 heavy (non-hydrogen) atoms. The predicted octanol–water partition coefficient (Wildman–Crippen LogP) is 6.43. The van der Waals surface area contributed by atoms with Gasteiger partial charge in [0.25, 0.3) is 11.7 Å². The van der Waals surface area contributed by atoms with Crippen LogP contribution < -0.4 is 19.1 Å². The zero-order valence-corrected chi connectivity index (χ0v) is 22.0. The van der Waals surface area contributed by atoms with Gasteiger partial charge in [-0.3, -0.25) is 14.5 Å². The summed E-state index contributed by atoms with van der Waals surface area (Å²) in [4.78, 5) is 28.2. The monoisotopic (exact) mass is 541 g/mol. The highest BCUT2D eigenvalue weighted by atomic mass is 35.5. The Morgan fingerprint density at radius 3 is 2.27 bits per heavy atom. The van der Waals surface area contributed by atoms with Crippen molar-refractivity contribution in [3.05, 3.63) is 87.4 Å². The number of ketones is 1. The SMILES string of the molecule is CCOc1ccc(C2/C(=C(\O)c3cc(Cl)cc(Cl)c3OC)C(=O)C(=O)N2c2cccc(OCC)c2)cc1. The van der Waals surface area contributed by atoms with Gasteiger partial charge in [0.1, 0.15) is 23.0 Å². The third-order valence-electron chi connectivity index (χ3n) is 5.83. The molecule has 1 saturated heterocycles. The summed E-state index contributed by atoms with van der Waals surface area (Å²) in [6.45, 7) is 4.64. The summed E-state index contributed by atoms with van der Waals surface area (Å²) in [6, 6.07) is 15.8. The molecule has 1 heterocycles. The average molecular weight is 542 g/mol. The van der Waals surface area contributed by atoms with E-state index in [1.165, 1.54) is 24.1 Å². The number of carbonyl (C=O) groups excluding carboxylic acids is 2. The van der Waals surface area contributed by atoms with Gasteiger partial charge in [-0.15, -0.1) is 0 Å². The van der Waals surface area contributed by atoms with E-state index in [0.29, 0.717) is 36.0 Å². The molecule has 192 valence electrons. The molecular weight excluding hydrogens is 517 g/mol.